The summed E-state index contributed by atoms with van der Waals surface area (Å²) in [5.74, 6) is 0. The van der Waals surface area contributed by atoms with Crippen molar-refractivity contribution in [1.29, 1.82) is 0 Å². The molecule has 1 aliphatic rings. The minimum atomic E-state index is -2.27. The Kier molecular flexibility index (Phi) is 4.18. The molecule has 5 nitrogen and oxygen atoms in total. The highest BCUT2D eigenvalue weighted by Gasteiger charge is 2.23. The van der Waals surface area contributed by atoms with E-state index in [-0.39, 0.29) is 0 Å². The molecule has 72 valence electrons. The summed E-state index contributed by atoms with van der Waals surface area (Å²) in [6.07, 6.45) is 2.72. The number of aliphatic hydroxyl groups excluding tert-OH is 2. The van der Waals surface area contributed by atoms with Crippen LogP contribution >= 0.6 is 7.51 Å². The Balaban J connectivity index is 2.62. The molecule has 0 saturated carbocycles. The highest BCUT2D eigenvalue weighted by molar-refractivity contribution is 7.56. The molecular formula is C6H14NO4P. The minimum absolute atomic E-state index is 0.392. The van der Waals surface area contributed by atoms with Gasteiger partial charge >= 0.3 is 0 Å². The zero-order valence-electron chi connectivity index (χ0n) is 6.85. The molecule has 1 aliphatic heterocycles. The van der Waals surface area contributed by atoms with Gasteiger partial charge in [0.2, 0.25) is 7.51 Å². The third kappa shape index (κ3) is 2.54. The van der Waals surface area contributed by atoms with E-state index in [1.807, 2.05) is 0 Å². The molecule has 1 heterocycles. The van der Waals surface area contributed by atoms with Gasteiger partial charge in [0.05, 0.1) is 0 Å². The summed E-state index contributed by atoms with van der Waals surface area (Å²) in [5, 5.41) is 17.2. The van der Waals surface area contributed by atoms with Crippen molar-refractivity contribution in [2.75, 3.05) is 26.3 Å². The maximum absolute atomic E-state index is 8.59. The summed E-state index contributed by atoms with van der Waals surface area (Å²) in [4.78, 5) is 0. The van der Waals surface area contributed by atoms with E-state index in [9.17, 15) is 0 Å². The molecule has 2 N–H and O–H groups in total. The van der Waals surface area contributed by atoms with Crippen molar-refractivity contribution in [3.8, 4) is 0 Å². The fourth-order valence-electron chi connectivity index (χ4n) is 1.15. The first-order chi connectivity index (χ1) is 5.83. The van der Waals surface area contributed by atoms with Crippen LogP contribution in [0.15, 0.2) is 4.74 Å². The van der Waals surface area contributed by atoms with Crippen LogP contribution in [0, 0.1) is 0 Å². The van der Waals surface area contributed by atoms with Crippen LogP contribution in [0.25, 0.3) is 0 Å². The largest absolute Gasteiger partial charge is 0.370 e. The zero-order valence-corrected chi connectivity index (χ0v) is 7.74. The number of nitrogens with zero attached hydrogens (tertiary/aromatic N) is 1. The van der Waals surface area contributed by atoms with Crippen LogP contribution < -0.4 is 0 Å². The Bertz CT molecular complexity index is 174. The van der Waals surface area contributed by atoms with Crippen LogP contribution in [-0.4, -0.2) is 36.5 Å². The van der Waals surface area contributed by atoms with E-state index in [2.05, 4.69) is 4.74 Å². The van der Waals surface area contributed by atoms with Crippen molar-refractivity contribution >= 4 is 7.51 Å². The van der Waals surface area contributed by atoms with Gasteiger partial charge in [0.15, 0.2) is 13.6 Å². The van der Waals surface area contributed by atoms with Gasteiger partial charge in [-0.15, -0.1) is 0 Å². The van der Waals surface area contributed by atoms with Crippen molar-refractivity contribution in [3.05, 3.63) is 0 Å². The van der Waals surface area contributed by atoms with Crippen LogP contribution in [0.4, 0.5) is 0 Å². The molecule has 0 amide bonds. The summed E-state index contributed by atoms with van der Waals surface area (Å²) < 4.78 is 14.2. The average Bonchev–Trinajstić information content (AvgIpc) is 2.07. The highest BCUT2D eigenvalue weighted by atomic mass is 31.2. The van der Waals surface area contributed by atoms with Crippen molar-refractivity contribution < 1.29 is 19.3 Å². The van der Waals surface area contributed by atoms with E-state index >= 15 is 0 Å². The van der Waals surface area contributed by atoms with Crippen molar-refractivity contribution in [1.82, 2.24) is 0 Å². The molecule has 0 fully saturated rings. The van der Waals surface area contributed by atoms with Gasteiger partial charge in [-0.3, -0.25) is 13.8 Å². The van der Waals surface area contributed by atoms with Gasteiger partial charge in [-0.05, 0) is 12.8 Å². The molecule has 0 saturated heterocycles. The molecule has 0 aromatic carbocycles. The number of aliphatic hydroxyl groups is 2. The molecule has 0 aliphatic carbocycles. The molecule has 0 spiro atoms. The molecule has 0 bridgehead atoms. The highest BCUT2D eigenvalue weighted by Crippen LogP contribution is 2.53. The van der Waals surface area contributed by atoms with Crippen LogP contribution in [0.2, 0.25) is 0 Å². The molecular weight excluding hydrogens is 181 g/mol. The van der Waals surface area contributed by atoms with E-state index in [1.165, 1.54) is 0 Å². The second-order valence-corrected chi connectivity index (χ2v) is 4.97. The van der Waals surface area contributed by atoms with Crippen molar-refractivity contribution in [2.24, 2.45) is 4.74 Å². The molecule has 0 atom stereocenters. The molecule has 6 heteroatoms. The standard InChI is InChI=1S/C6H14NO4P/c8-5-10-12(11-6-9)4-2-1-3-7-12/h8-9H,1-6H2. The van der Waals surface area contributed by atoms with Gasteiger partial charge in [0, 0.05) is 12.7 Å². The lowest BCUT2D eigenvalue weighted by Crippen LogP contribution is -2.07. The quantitative estimate of drug-likeness (QED) is 0.512. The summed E-state index contributed by atoms with van der Waals surface area (Å²) in [5.41, 5.74) is 0. The minimum Gasteiger partial charge on any atom is -0.370 e. The fraction of sp³-hybridized carbons (Fsp3) is 1.00. The number of hydrogen-bond acceptors (Lipinski definition) is 5. The Morgan fingerprint density at radius 2 is 1.83 bits per heavy atom. The first-order valence-corrected chi connectivity index (χ1v) is 5.67. The van der Waals surface area contributed by atoms with Crippen LogP contribution in [0.1, 0.15) is 12.8 Å². The molecule has 0 aromatic heterocycles. The molecule has 0 aromatic rings. The Morgan fingerprint density at radius 3 is 2.25 bits per heavy atom. The lowest BCUT2D eigenvalue weighted by Gasteiger charge is -2.25. The monoisotopic (exact) mass is 195 g/mol. The van der Waals surface area contributed by atoms with Gasteiger partial charge in [0.25, 0.3) is 0 Å². The summed E-state index contributed by atoms with van der Waals surface area (Å²) in [7, 11) is -2.27. The average molecular weight is 195 g/mol. The van der Waals surface area contributed by atoms with Gasteiger partial charge in [-0.2, -0.15) is 0 Å². The Labute approximate surface area is 71.5 Å². The second kappa shape index (κ2) is 4.94. The zero-order chi connectivity index (χ0) is 8.86. The lowest BCUT2D eigenvalue weighted by atomic mass is 10.3. The molecule has 0 unspecified atom stereocenters. The maximum Gasteiger partial charge on any atom is 0.216 e. The SMILES string of the molecule is OCOP1(OCO)=NCCCC1. The van der Waals surface area contributed by atoms with Crippen molar-refractivity contribution in [3.63, 3.8) is 0 Å². The first kappa shape index (κ1) is 10.2. The second-order valence-electron chi connectivity index (χ2n) is 2.45. The molecule has 0 radical (unpaired) electrons. The number of rotatable bonds is 4. The third-order valence-corrected chi connectivity index (χ3v) is 4.23. The first-order valence-electron chi connectivity index (χ1n) is 3.91. The van der Waals surface area contributed by atoms with Crippen molar-refractivity contribution in [2.45, 2.75) is 12.8 Å². The smallest absolute Gasteiger partial charge is 0.216 e. The van der Waals surface area contributed by atoms with Gasteiger partial charge in [0.1, 0.15) is 0 Å². The van der Waals surface area contributed by atoms with E-state index in [0.29, 0.717) is 12.7 Å². The van der Waals surface area contributed by atoms with Crippen LogP contribution in [0.5, 0.6) is 0 Å². The Morgan fingerprint density at radius 1 is 1.17 bits per heavy atom. The van der Waals surface area contributed by atoms with E-state index in [0.717, 1.165) is 12.8 Å². The van der Waals surface area contributed by atoms with Crippen LogP contribution in [0.3, 0.4) is 0 Å². The maximum atomic E-state index is 8.59. The summed E-state index contributed by atoms with van der Waals surface area (Å²) in [6.45, 7) is -0.0810. The predicted molar refractivity (Wildman–Crippen MR) is 44.7 cm³/mol. The third-order valence-electron chi connectivity index (χ3n) is 1.68. The van der Waals surface area contributed by atoms with Gasteiger partial charge in [-0.25, -0.2) is 0 Å². The van der Waals surface area contributed by atoms with Gasteiger partial charge < -0.3 is 10.2 Å². The van der Waals surface area contributed by atoms with Gasteiger partial charge in [-0.1, -0.05) is 0 Å². The van der Waals surface area contributed by atoms with Crippen LogP contribution in [-0.2, 0) is 9.05 Å². The molecule has 1 rings (SSSR count). The lowest BCUT2D eigenvalue weighted by molar-refractivity contribution is 0.0513. The van der Waals surface area contributed by atoms with E-state index in [1.54, 1.807) is 0 Å². The summed E-state index contributed by atoms with van der Waals surface area (Å²) in [6, 6.07) is 0. The predicted octanol–water partition coefficient (Wildman–Crippen LogP) is 0.744. The van der Waals surface area contributed by atoms with E-state index < -0.39 is 21.1 Å². The summed E-state index contributed by atoms with van der Waals surface area (Å²) >= 11 is 0. The van der Waals surface area contributed by atoms with E-state index in [4.69, 9.17) is 19.3 Å². The topological polar surface area (TPSA) is 71.3 Å². The Hall–Kier alpha value is 0.0700. The normalized spacial score (nSPS) is 21.8. The fourth-order valence-corrected chi connectivity index (χ4v) is 3.21. The molecule has 12 heavy (non-hydrogen) atoms. The number of hydrogen-bond donors (Lipinski definition) is 2.